The van der Waals surface area contributed by atoms with Gasteiger partial charge < -0.3 is 4.74 Å². The second-order valence-corrected chi connectivity index (χ2v) is 4.64. The van der Waals surface area contributed by atoms with E-state index in [2.05, 4.69) is 16.8 Å². The van der Waals surface area contributed by atoms with E-state index < -0.39 is 0 Å². The molecule has 2 heterocycles. The third-order valence-electron chi connectivity index (χ3n) is 2.46. The molecule has 1 aliphatic heterocycles. The zero-order chi connectivity index (χ0) is 11.4. The van der Waals surface area contributed by atoms with Crippen LogP contribution in [-0.2, 0) is 11.3 Å². The quantitative estimate of drug-likeness (QED) is 0.618. The van der Waals surface area contributed by atoms with Crippen molar-refractivity contribution in [2.75, 3.05) is 12.4 Å². The highest BCUT2D eigenvalue weighted by Gasteiger charge is 2.19. The lowest BCUT2D eigenvalue weighted by molar-refractivity contribution is 0.0941. The highest BCUT2D eigenvalue weighted by molar-refractivity contribution is 7.99. The number of nitrogens with zero attached hydrogens (tertiary/aromatic N) is 2. The number of nitrogens with one attached hydrogen (secondary N) is 1. The molecule has 2 rings (SSSR count). The van der Waals surface area contributed by atoms with Crippen LogP contribution in [0.2, 0.25) is 0 Å². The summed E-state index contributed by atoms with van der Waals surface area (Å²) in [4.78, 5) is 11.5. The summed E-state index contributed by atoms with van der Waals surface area (Å²) in [7, 11) is 0. The first-order chi connectivity index (χ1) is 7.81. The Hall–Kier alpha value is -1.01. The Bertz CT molecular complexity index is 406. The van der Waals surface area contributed by atoms with Gasteiger partial charge in [-0.3, -0.25) is 4.57 Å². The molecule has 16 heavy (non-hydrogen) atoms. The van der Waals surface area contributed by atoms with Gasteiger partial charge in [-0.05, 0) is 12.8 Å². The first kappa shape index (κ1) is 11.5. The van der Waals surface area contributed by atoms with E-state index in [0.717, 1.165) is 25.2 Å². The van der Waals surface area contributed by atoms with Crippen molar-refractivity contribution < 1.29 is 4.74 Å². The number of aromatic amines is 1. The van der Waals surface area contributed by atoms with Gasteiger partial charge in [-0.15, -0.1) is 11.7 Å². The van der Waals surface area contributed by atoms with Crippen LogP contribution in [0, 0.1) is 0 Å². The largest absolute Gasteiger partial charge is 0.376 e. The normalized spacial score (nSPS) is 20.1. The molecule has 1 saturated heterocycles. The zero-order valence-electron chi connectivity index (χ0n) is 9.02. The van der Waals surface area contributed by atoms with Gasteiger partial charge in [0, 0.05) is 12.4 Å². The predicted molar refractivity (Wildman–Crippen MR) is 62.7 cm³/mol. The number of H-pyrrole nitrogens is 1. The Morgan fingerprint density at radius 2 is 2.62 bits per heavy atom. The first-order valence-electron chi connectivity index (χ1n) is 5.31. The zero-order valence-corrected chi connectivity index (χ0v) is 9.83. The molecule has 1 unspecified atom stereocenters. The van der Waals surface area contributed by atoms with Gasteiger partial charge in [0.2, 0.25) is 0 Å². The summed E-state index contributed by atoms with van der Waals surface area (Å²) in [5.74, 6) is 0.746. The topological polar surface area (TPSA) is 59.9 Å². The van der Waals surface area contributed by atoms with Crippen LogP contribution in [0.15, 0.2) is 22.6 Å². The minimum Gasteiger partial charge on any atom is -0.376 e. The van der Waals surface area contributed by atoms with E-state index in [0.29, 0.717) is 11.7 Å². The van der Waals surface area contributed by atoms with Gasteiger partial charge in [0.1, 0.15) is 0 Å². The van der Waals surface area contributed by atoms with Crippen molar-refractivity contribution in [2.24, 2.45) is 0 Å². The van der Waals surface area contributed by atoms with Crippen LogP contribution in [0.4, 0.5) is 0 Å². The summed E-state index contributed by atoms with van der Waals surface area (Å²) in [6.45, 7) is 5.03. The maximum Gasteiger partial charge on any atom is 0.344 e. The molecule has 5 nitrogen and oxygen atoms in total. The summed E-state index contributed by atoms with van der Waals surface area (Å²) in [5.41, 5.74) is -0.165. The molecule has 0 radical (unpaired) electrons. The standard InChI is InChI=1S/C10H15N3O2S/c1-2-6-16-10-12-11-9(14)13(10)7-8-4-3-5-15-8/h2,8H,1,3-7H2,(H,11,14). The summed E-state index contributed by atoms with van der Waals surface area (Å²) in [6, 6.07) is 0. The number of hydrogen-bond donors (Lipinski definition) is 1. The van der Waals surface area contributed by atoms with Crippen molar-refractivity contribution >= 4 is 11.8 Å². The lowest BCUT2D eigenvalue weighted by Gasteiger charge is -2.10. The molecule has 0 aromatic carbocycles. The fourth-order valence-electron chi connectivity index (χ4n) is 1.70. The van der Waals surface area contributed by atoms with Crippen molar-refractivity contribution in [3.8, 4) is 0 Å². The van der Waals surface area contributed by atoms with Crippen molar-refractivity contribution in [3.63, 3.8) is 0 Å². The van der Waals surface area contributed by atoms with E-state index >= 15 is 0 Å². The molecule has 1 fully saturated rings. The lowest BCUT2D eigenvalue weighted by Crippen LogP contribution is -2.24. The number of hydrogen-bond acceptors (Lipinski definition) is 4. The average molecular weight is 241 g/mol. The molecule has 0 aliphatic carbocycles. The van der Waals surface area contributed by atoms with Gasteiger partial charge in [0.25, 0.3) is 0 Å². The number of aromatic nitrogens is 3. The van der Waals surface area contributed by atoms with Crippen LogP contribution in [0.5, 0.6) is 0 Å². The van der Waals surface area contributed by atoms with E-state index in [-0.39, 0.29) is 11.8 Å². The highest BCUT2D eigenvalue weighted by Crippen LogP contribution is 2.17. The highest BCUT2D eigenvalue weighted by atomic mass is 32.2. The molecular weight excluding hydrogens is 226 g/mol. The molecule has 1 aromatic rings. The van der Waals surface area contributed by atoms with Gasteiger partial charge in [-0.2, -0.15) is 0 Å². The van der Waals surface area contributed by atoms with Gasteiger partial charge in [-0.1, -0.05) is 17.8 Å². The third kappa shape index (κ3) is 2.56. The monoisotopic (exact) mass is 241 g/mol. The van der Waals surface area contributed by atoms with Gasteiger partial charge in [-0.25, -0.2) is 9.89 Å². The Morgan fingerprint density at radius 3 is 3.31 bits per heavy atom. The molecule has 1 aromatic heterocycles. The third-order valence-corrected chi connectivity index (χ3v) is 3.44. The number of ether oxygens (including phenoxy) is 1. The molecule has 0 spiro atoms. The first-order valence-corrected chi connectivity index (χ1v) is 6.30. The Balaban J connectivity index is 2.07. The van der Waals surface area contributed by atoms with Crippen molar-refractivity contribution in [3.05, 3.63) is 23.1 Å². The van der Waals surface area contributed by atoms with E-state index in [4.69, 9.17) is 4.74 Å². The fraction of sp³-hybridized carbons (Fsp3) is 0.600. The van der Waals surface area contributed by atoms with Crippen molar-refractivity contribution in [1.82, 2.24) is 14.8 Å². The maximum atomic E-state index is 11.5. The summed E-state index contributed by atoms with van der Waals surface area (Å²) in [6.07, 6.45) is 4.04. The predicted octanol–water partition coefficient (Wildman–Crippen LogP) is 1.03. The molecular formula is C10H15N3O2S. The van der Waals surface area contributed by atoms with Gasteiger partial charge >= 0.3 is 5.69 Å². The molecule has 1 atom stereocenters. The van der Waals surface area contributed by atoms with Crippen LogP contribution >= 0.6 is 11.8 Å². The average Bonchev–Trinajstić information content (AvgIpc) is 2.89. The van der Waals surface area contributed by atoms with Crippen LogP contribution < -0.4 is 5.69 Å². The summed E-state index contributed by atoms with van der Waals surface area (Å²) < 4.78 is 7.15. The second-order valence-electron chi connectivity index (χ2n) is 3.66. The maximum absolute atomic E-state index is 11.5. The minimum atomic E-state index is -0.165. The minimum absolute atomic E-state index is 0.151. The van der Waals surface area contributed by atoms with Crippen molar-refractivity contribution in [2.45, 2.75) is 30.6 Å². The van der Waals surface area contributed by atoms with E-state index in [1.54, 1.807) is 10.6 Å². The second kappa shape index (κ2) is 5.36. The van der Waals surface area contributed by atoms with Gasteiger partial charge in [0.05, 0.1) is 12.6 Å². The number of rotatable bonds is 5. The fourth-order valence-corrected chi connectivity index (χ4v) is 2.39. The Labute approximate surface area is 97.9 Å². The van der Waals surface area contributed by atoms with Crippen LogP contribution in [-0.4, -0.2) is 33.2 Å². The van der Waals surface area contributed by atoms with Crippen LogP contribution in [0.25, 0.3) is 0 Å². The van der Waals surface area contributed by atoms with Crippen LogP contribution in [0.1, 0.15) is 12.8 Å². The summed E-state index contributed by atoms with van der Waals surface area (Å²) >= 11 is 1.50. The molecule has 1 N–H and O–H groups in total. The van der Waals surface area contributed by atoms with Gasteiger partial charge in [0.15, 0.2) is 5.16 Å². The molecule has 0 saturated carbocycles. The van der Waals surface area contributed by atoms with Crippen LogP contribution in [0.3, 0.4) is 0 Å². The van der Waals surface area contributed by atoms with E-state index in [1.165, 1.54) is 11.8 Å². The molecule has 6 heteroatoms. The molecule has 0 amide bonds. The van der Waals surface area contributed by atoms with E-state index in [1.807, 2.05) is 0 Å². The SMILES string of the molecule is C=CCSc1n[nH]c(=O)n1CC1CCCO1. The molecule has 1 aliphatic rings. The Morgan fingerprint density at radius 1 is 1.75 bits per heavy atom. The summed E-state index contributed by atoms with van der Waals surface area (Å²) in [5, 5.41) is 7.16. The van der Waals surface area contributed by atoms with Crippen molar-refractivity contribution in [1.29, 1.82) is 0 Å². The smallest absolute Gasteiger partial charge is 0.344 e. The Kier molecular flexibility index (Phi) is 3.84. The number of thioether (sulfide) groups is 1. The molecule has 88 valence electrons. The van der Waals surface area contributed by atoms with E-state index in [9.17, 15) is 4.79 Å². The lowest BCUT2D eigenvalue weighted by atomic mass is 10.2. The molecule has 0 bridgehead atoms.